The molecule has 1 fully saturated rings. The molecule has 0 bridgehead atoms. The van der Waals surface area contributed by atoms with Gasteiger partial charge < -0.3 is 18.9 Å². The van der Waals surface area contributed by atoms with E-state index >= 15 is 0 Å². The van der Waals surface area contributed by atoms with E-state index in [1.807, 2.05) is 47.4 Å². The largest absolute Gasteiger partial charge is 0.486 e. The van der Waals surface area contributed by atoms with Crippen LogP contribution in [0.2, 0.25) is 0 Å². The topological polar surface area (TPSA) is 80.9 Å². The lowest BCUT2D eigenvalue weighted by Crippen LogP contribution is -2.38. The summed E-state index contributed by atoms with van der Waals surface area (Å²) in [6, 6.07) is 15.1. The number of carbonyl (C=O) groups is 1. The molecule has 0 aliphatic carbocycles. The third-order valence-corrected chi connectivity index (χ3v) is 5.80. The highest BCUT2D eigenvalue weighted by atomic mass is 16.6. The maximum atomic E-state index is 13.4. The minimum absolute atomic E-state index is 0.0207. The van der Waals surface area contributed by atoms with Crippen molar-refractivity contribution in [2.24, 2.45) is 0 Å². The Bertz CT molecular complexity index is 1080. The molecule has 8 nitrogen and oxygen atoms in total. The number of fused-ring (bicyclic) bond motifs is 1. The highest BCUT2D eigenvalue weighted by Gasteiger charge is 2.34. The van der Waals surface area contributed by atoms with Crippen LogP contribution in [0.25, 0.3) is 0 Å². The Labute approximate surface area is 186 Å². The minimum Gasteiger partial charge on any atom is -0.486 e. The van der Waals surface area contributed by atoms with Gasteiger partial charge in [0.1, 0.15) is 19.3 Å². The third-order valence-electron chi connectivity index (χ3n) is 5.80. The molecule has 3 heterocycles. The maximum Gasteiger partial charge on any atom is 0.254 e. The van der Waals surface area contributed by atoms with E-state index in [2.05, 4.69) is 21.1 Å². The lowest BCUT2D eigenvalue weighted by Gasteiger charge is -2.29. The van der Waals surface area contributed by atoms with Gasteiger partial charge in [0.2, 0.25) is 0 Å². The number of carbonyl (C=O) groups excluding carboxylic acids is 1. The van der Waals surface area contributed by atoms with Crippen LogP contribution in [-0.4, -0.2) is 58.7 Å². The first-order chi connectivity index (χ1) is 15.7. The van der Waals surface area contributed by atoms with Crippen molar-refractivity contribution in [3.05, 3.63) is 71.4 Å². The predicted octanol–water partition coefficient (Wildman–Crippen LogP) is 3.24. The molecule has 1 amide bonds. The minimum atomic E-state index is -0.316. The summed E-state index contributed by atoms with van der Waals surface area (Å²) in [5.74, 6) is 2.59. The molecule has 1 saturated heterocycles. The van der Waals surface area contributed by atoms with Gasteiger partial charge in [-0.25, -0.2) is 0 Å². The predicted molar refractivity (Wildman–Crippen MR) is 117 cm³/mol. The molecule has 5 rings (SSSR count). The number of aromatic nitrogens is 2. The van der Waals surface area contributed by atoms with E-state index in [-0.39, 0.29) is 11.9 Å². The molecule has 3 aromatic rings. The van der Waals surface area contributed by atoms with E-state index in [1.54, 1.807) is 6.92 Å². The van der Waals surface area contributed by atoms with Crippen molar-refractivity contribution in [2.45, 2.75) is 25.9 Å². The van der Waals surface area contributed by atoms with Crippen molar-refractivity contribution >= 4 is 5.91 Å². The Kier molecular flexibility index (Phi) is 5.77. The number of hydrogen-bond acceptors (Lipinski definition) is 7. The number of hydrogen-bond donors (Lipinski definition) is 0. The summed E-state index contributed by atoms with van der Waals surface area (Å²) in [7, 11) is 0. The van der Waals surface area contributed by atoms with E-state index in [0.717, 1.165) is 36.6 Å². The van der Waals surface area contributed by atoms with Crippen LogP contribution in [0.4, 0.5) is 0 Å². The summed E-state index contributed by atoms with van der Waals surface area (Å²) < 4.78 is 16.9. The molecule has 0 N–H and O–H groups in total. The zero-order valence-electron chi connectivity index (χ0n) is 18.1. The van der Waals surface area contributed by atoms with E-state index in [9.17, 15) is 4.79 Å². The van der Waals surface area contributed by atoms with Gasteiger partial charge in [0, 0.05) is 31.7 Å². The fourth-order valence-corrected chi connectivity index (χ4v) is 4.29. The molecule has 166 valence electrons. The van der Waals surface area contributed by atoms with Crippen molar-refractivity contribution in [3.63, 3.8) is 0 Å². The zero-order valence-corrected chi connectivity index (χ0v) is 18.1. The van der Waals surface area contributed by atoms with Crippen LogP contribution in [-0.2, 0) is 6.54 Å². The van der Waals surface area contributed by atoms with Crippen LogP contribution in [0.15, 0.2) is 53.1 Å². The second-order valence-electron chi connectivity index (χ2n) is 8.13. The first kappa shape index (κ1) is 20.5. The van der Waals surface area contributed by atoms with E-state index < -0.39 is 0 Å². The first-order valence-corrected chi connectivity index (χ1v) is 10.9. The SMILES string of the molecule is Cc1noc(C2CN(Cc3ccc4c(c3)OCCO4)CCCN2C(=O)c2ccccc2)n1. The number of amides is 1. The van der Waals surface area contributed by atoms with Gasteiger partial charge in [-0.1, -0.05) is 29.4 Å². The van der Waals surface area contributed by atoms with E-state index in [1.165, 1.54) is 0 Å². The van der Waals surface area contributed by atoms with Crippen molar-refractivity contribution in [1.29, 1.82) is 0 Å². The van der Waals surface area contributed by atoms with Crippen LogP contribution in [0.1, 0.15) is 40.1 Å². The fraction of sp³-hybridized carbons (Fsp3) is 0.375. The summed E-state index contributed by atoms with van der Waals surface area (Å²) >= 11 is 0. The first-order valence-electron chi connectivity index (χ1n) is 10.9. The maximum absolute atomic E-state index is 13.4. The highest BCUT2D eigenvalue weighted by Crippen LogP contribution is 2.32. The van der Waals surface area contributed by atoms with Gasteiger partial charge in [0.05, 0.1) is 0 Å². The van der Waals surface area contributed by atoms with Gasteiger partial charge >= 0.3 is 0 Å². The van der Waals surface area contributed by atoms with Crippen molar-refractivity contribution in [2.75, 3.05) is 32.8 Å². The Morgan fingerprint density at radius 2 is 1.88 bits per heavy atom. The van der Waals surface area contributed by atoms with Gasteiger partial charge in [-0.3, -0.25) is 9.69 Å². The second-order valence-corrected chi connectivity index (χ2v) is 8.13. The van der Waals surface area contributed by atoms with Gasteiger partial charge in [0.25, 0.3) is 11.8 Å². The molecule has 2 aliphatic heterocycles. The summed E-state index contributed by atoms with van der Waals surface area (Å²) in [4.78, 5) is 22.0. The molecule has 2 aromatic carbocycles. The second kappa shape index (κ2) is 9.00. The molecule has 1 aromatic heterocycles. The molecule has 0 radical (unpaired) electrons. The zero-order chi connectivity index (χ0) is 21.9. The molecule has 32 heavy (non-hydrogen) atoms. The monoisotopic (exact) mass is 434 g/mol. The molecule has 0 spiro atoms. The van der Waals surface area contributed by atoms with Gasteiger partial charge in [0.15, 0.2) is 17.3 Å². The average molecular weight is 434 g/mol. The number of nitrogens with zero attached hydrogens (tertiary/aromatic N) is 4. The van der Waals surface area contributed by atoms with Crippen molar-refractivity contribution in [1.82, 2.24) is 19.9 Å². The number of ether oxygens (including phenoxy) is 2. The Morgan fingerprint density at radius 3 is 2.66 bits per heavy atom. The molecule has 8 heteroatoms. The van der Waals surface area contributed by atoms with E-state index in [4.69, 9.17) is 14.0 Å². The van der Waals surface area contributed by atoms with Crippen LogP contribution >= 0.6 is 0 Å². The Morgan fingerprint density at radius 1 is 1.06 bits per heavy atom. The van der Waals surface area contributed by atoms with Crippen LogP contribution in [0.3, 0.4) is 0 Å². The van der Waals surface area contributed by atoms with E-state index in [0.29, 0.717) is 43.6 Å². The lowest BCUT2D eigenvalue weighted by atomic mass is 10.1. The van der Waals surface area contributed by atoms with Crippen LogP contribution in [0, 0.1) is 6.92 Å². The average Bonchev–Trinajstić information content (AvgIpc) is 3.15. The smallest absolute Gasteiger partial charge is 0.254 e. The summed E-state index contributed by atoms with van der Waals surface area (Å²) in [6.07, 6.45) is 0.854. The molecule has 2 aliphatic rings. The van der Waals surface area contributed by atoms with Crippen molar-refractivity contribution < 1.29 is 18.8 Å². The number of benzene rings is 2. The summed E-state index contributed by atoms with van der Waals surface area (Å²) in [5.41, 5.74) is 1.80. The number of aryl methyl sites for hydroxylation is 1. The molecule has 0 saturated carbocycles. The van der Waals surface area contributed by atoms with Gasteiger partial charge in [-0.15, -0.1) is 0 Å². The molecule has 1 unspecified atom stereocenters. The normalized spacial score (nSPS) is 18.9. The number of rotatable bonds is 4. The van der Waals surface area contributed by atoms with Gasteiger partial charge in [-0.2, -0.15) is 4.98 Å². The quantitative estimate of drug-likeness (QED) is 0.624. The molecular weight excluding hydrogens is 408 g/mol. The Balaban J connectivity index is 1.39. The van der Waals surface area contributed by atoms with Crippen LogP contribution < -0.4 is 9.47 Å². The van der Waals surface area contributed by atoms with Crippen molar-refractivity contribution in [3.8, 4) is 11.5 Å². The molecule has 1 atom stereocenters. The lowest BCUT2D eigenvalue weighted by molar-refractivity contribution is 0.0631. The summed E-state index contributed by atoms with van der Waals surface area (Å²) in [5, 5.41) is 3.97. The Hall–Kier alpha value is -3.39. The standard InChI is InChI=1S/C24H26N4O4/c1-17-25-23(32-26-17)20-16-27(15-18-8-9-21-22(14-18)31-13-12-30-21)10-5-11-28(20)24(29)19-6-3-2-4-7-19/h2-4,6-9,14,20H,5,10-13,15-16H2,1H3. The summed E-state index contributed by atoms with van der Waals surface area (Å²) in [6.45, 7) is 5.75. The third kappa shape index (κ3) is 4.31. The molecular formula is C24H26N4O4. The van der Waals surface area contributed by atoms with Gasteiger partial charge in [-0.05, 0) is 43.2 Å². The fourth-order valence-electron chi connectivity index (χ4n) is 4.29. The highest BCUT2D eigenvalue weighted by molar-refractivity contribution is 5.94. The van der Waals surface area contributed by atoms with Crippen LogP contribution in [0.5, 0.6) is 11.5 Å².